The van der Waals surface area contributed by atoms with Gasteiger partial charge in [-0.3, -0.25) is 9.59 Å². The summed E-state index contributed by atoms with van der Waals surface area (Å²) in [6.45, 7) is -0.309. The van der Waals surface area contributed by atoms with Gasteiger partial charge in [0.1, 0.15) is 0 Å². The Labute approximate surface area is 123 Å². The molecule has 21 heavy (non-hydrogen) atoms. The Kier molecular flexibility index (Phi) is 5.86. The van der Waals surface area contributed by atoms with Crippen molar-refractivity contribution < 1.29 is 23.1 Å². The second-order valence-electron chi connectivity index (χ2n) is 4.65. The molecule has 0 bridgehead atoms. The molecule has 0 saturated heterocycles. The van der Waals surface area contributed by atoms with E-state index in [1.165, 1.54) is 31.1 Å². The monoisotopic (exact) mass is 314 g/mol. The van der Waals surface area contributed by atoms with Gasteiger partial charge >= 0.3 is 5.97 Å². The Bertz CT molecular complexity index is 608. The van der Waals surface area contributed by atoms with Crippen molar-refractivity contribution in [3.8, 4) is 0 Å². The van der Waals surface area contributed by atoms with E-state index in [0.29, 0.717) is 6.42 Å². The van der Waals surface area contributed by atoms with Crippen molar-refractivity contribution in [3.63, 3.8) is 0 Å². The number of benzene rings is 1. The number of nitrogens with zero attached hydrogens (tertiary/aromatic N) is 1. The minimum atomic E-state index is -3.75. The highest BCUT2D eigenvalue weighted by Crippen LogP contribution is 2.11. The quantitative estimate of drug-likeness (QED) is 0.741. The first kappa shape index (κ1) is 17.1. The zero-order chi connectivity index (χ0) is 16.0. The summed E-state index contributed by atoms with van der Waals surface area (Å²) in [6.07, 6.45) is 0.323. The number of carbonyl (C=O) groups is 2. The zero-order valence-electron chi connectivity index (χ0n) is 11.9. The topological polar surface area (TPSA) is 104 Å². The normalized spacial score (nSPS) is 11.1. The number of hydrogen-bond donors (Lipinski definition) is 2. The first-order valence-corrected chi connectivity index (χ1v) is 7.71. The number of rotatable bonds is 7. The smallest absolute Gasteiger partial charge is 0.303 e. The van der Waals surface area contributed by atoms with Gasteiger partial charge in [0.05, 0.1) is 11.4 Å². The molecular formula is C13H18N2O5S. The number of carboxylic acid groups (broad SMARTS) is 1. The second-order valence-corrected chi connectivity index (χ2v) is 6.42. The summed E-state index contributed by atoms with van der Waals surface area (Å²) in [4.78, 5) is 23.2. The van der Waals surface area contributed by atoms with Crippen LogP contribution in [0.25, 0.3) is 0 Å². The molecule has 0 saturated carbocycles. The predicted molar refractivity (Wildman–Crippen MR) is 76.3 cm³/mol. The van der Waals surface area contributed by atoms with Crippen LogP contribution >= 0.6 is 0 Å². The molecule has 1 rings (SSSR count). The molecular weight excluding hydrogens is 296 g/mol. The van der Waals surface area contributed by atoms with Crippen LogP contribution in [0.15, 0.2) is 29.2 Å². The van der Waals surface area contributed by atoms with Gasteiger partial charge in [-0.05, 0) is 24.1 Å². The molecule has 0 fully saturated rings. The summed E-state index contributed by atoms with van der Waals surface area (Å²) >= 11 is 0. The maximum atomic E-state index is 12.0. The highest BCUT2D eigenvalue weighted by molar-refractivity contribution is 7.89. The fourth-order valence-corrected chi connectivity index (χ4v) is 2.46. The average Bonchev–Trinajstić information content (AvgIpc) is 2.43. The largest absolute Gasteiger partial charge is 0.481 e. The number of sulfonamides is 1. The zero-order valence-corrected chi connectivity index (χ0v) is 12.7. The molecule has 0 aliphatic carbocycles. The van der Waals surface area contributed by atoms with Crippen molar-refractivity contribution in [3.05, 3.63) is 29.8 Å². The van der Waals surface area contributed by atoms with E-state index in [4.69, 9.17) is 5.11 Å². The van der Waals surface area contributed by atoms with Crippen LogP contribution in [0.5, 0.6) is 0 Å². The van der Waals surface area contributed by atoms with Crippen molar-refractivity contribution >= 4 is 21.9 Å². The van der Waals surface area contributed by atoms with Gasteiger partial charge in [0.15, 0.2) is 0 Å². The van der Waals surface area contributed by atoms with Gasteiger partial charge in [-0.25, -0.2) is 13.1 Å². The van der Waals surface area contributed by atoms with Crippen LogP contribution in [-0.2, 0) is 26.0 Å². The fourth-order valence-electron chi connectivity index (χ4n) is 1.48. The number of nitrogens with one attached hydrogen (secondary N) is 1. The first-order chi connectivity index (χ1) is 9.72. The Morgan fingerprint density at radius 2 is 1.76 bits per heavy atom. The average molecular weight is 314 g/mol. The van der Waals surface area contributed by atoms with Crippen LogP contribution in [-0.4, -0.2) is 50.9 Å². The molecule has 0 aromatic heterocycles. The Morgan fingerprint density at radius 1 is 1.19 bits per heavy atom. The molecule has 0 unspecified atom stereocenters. The lowest BCUT2D eigenvalue weighted by Gasteiger charge is -2.11. The summed E-state index contributed by atoms with van der Waals surface area (Å²) in [7, 11) is -0.680. The van der Waals surface area contributed by atoms with Gasteiger partial charge in [-0.2, -0.15) is 0 Å². The van der Waals surface area contributed by atoms with Crippen LogP contribution in [0.4, 0.5) is 0 Å². The molecule has 116 valence electrons. The maximum absolute atomic E-state index is 12.0. The van der Waals surface area contributed by atoms with E-state index in [1.54, 1.807) is 12.1 Å². The van der Waals surface area contributed by atoms with E-state index in [0.717, 1.165) is 5.56 Å². The lowest BCUT2D eigenvalue weighted by molar-refractivity contribution is -0.137. The molecule has 0 aliphatic heterocycles. The van der Waals surface area contributed by atoms with Crippen LogP contribution in [0, 0.1) is 0 Å². The second kappa shape index (κ2) is 7.19. The Morgan fingerprint density at radius 3 is 2.24 bits per heavy atom. The van der Waals surface area contributed by atoms with Gasteiger partial charge in [0, 0.05) is 20.5 Å². The van der Waals surface area contributed by atoms with Crippen molar-refractivity contribution in [2.75, 3.05) is 20.6 Å². The van der Waals surface area contributed by atoms with Gasteiger partial charge in [0.2, 0.25) is 15.9 Å². The minimum absolute atomic E-state index is 0.0122. The Hall–Kier alpha value is -1.93. The lowest BCUT2D eigenvalue weighted by Crippen LogP contribution is -2.36. The van der Waals surface area contributed by atoms with Crippen LogP contribution in [0.3, 0.4) is 0 Å². The van der Waals surface area contributed by atoms with E-state index in [1.807, 2.05) is 0 Å². The van der Waals surface area contributed by atoms with Gasteiger partial charge in [-0.1, -0.05) is 12.1 Å². The number of aliphatic carboxylic acids is 1. The molecule has 0 spiro atoms. The van der Waals surface area contributed by atoms with Crippen molar-refractivity contribution in [1.29, 1.82) is 0 Å². The molecule has 2 N–H and O–H groups in total. The van der Waals surface area contributed by atoms with Crippen LogP contribution < -0.4 is 4.72 Å². The molecule has 1 aromatic carbocycles. The number of carbonyl (C=O) groups excluding carboxylic acids is 1. The van der Waals surface area contributed by atoms with Gasteiger partial charge in [0.25, 0.3) is 0 Å². The van der Waals surface area contributed by atoms with Crippen LogP contribution in [0.1, 0.15) is 12.0 Å². The summed E-state index contributed by atoms with van der Waals surface area (Å²) < 4.78 is 26.1. The molecule has 1 amide bonds. The Balaban J connectivity index is 2.71. The molecule has 0 radical (unpaired) electrons. The van der Waals surface area contributed by atoms with Crippen molar-refractivity contribution in [1.82, 2.24) is 9.62 Å². The molecule has 0 atom stereocenters. The third kappa shape index (κ3) is 5.52. The number of hydrogen-bond acceptors (Lipinski definition) is 4. The predicted octanol–water partition coefficient (Wildman–Crippen LogP) is 0.0703. The first-order valence-electron chi connectivity index (χ1n) is 6.23. The van der Waals surface area contributed by atoms with Crippen molar-refractivity contribution in [2.45, 2.75) is 17.7 Å². The van der Waals surface area contributed by atoms with Gasteiger partial charge < -0.3 is 10.0 Å². The molecule has 7 nitrogen and oxygen atoms in total. The summed E-state index contributed by atoms with van der Waals surface area (Å²) in [5.74, 6) is -1.26. The van der Waals surface area contributed by atoms with E-state index in [2.05, 4.69) is 4.72 Å². The van der Waals surface area contributed by atoms with E-state index >= 15 is 0 Å². The highest BCUT2D eigenvalue weighted by atomic mass is 32.2. The number of carboxylic acids is 1. The standard InChI is InChI=1S/C13H18N2O5S/c1-15(2)12(16)9-14-21(19,20)11-6-3-10(4-7-11)5-8-13(17)18/h3-4,6-7,14H,5,8-9H2,1-2H3,(H,17,18). The minimum Gasteiger partial charge on any atom is -0.481 e. The maximum Gasteiger partial charge on any atom is 0.303 e. The van der Waals surface area contributed by atoms with Crippen molar-refractivity contribution in [2.24, 2.45) is 0 Å². The summed E-state index contributed by atoms with van der Waals surface area (Å²) in [5.41, 5.74) is 0.737. The fraction of sp³-hybridized carbons (Fsp3) is 0.385. The SMILES string of the molecule is CN(C)C(=O)CNS(=O)(=O)c1ccc(CCC(=O)O)cc1. The molecule has 8 heteroatoms. The molecule has 1 aromatic rings. The third-order valence-electron chi connectivity index (χ3n) is 2.77. The lowest BCUT2D eigenvalue weighted by atomic mass is 10.1. The number of aryl methyl sites for hydroxylation is 1. The number of amides is 1. The highest BCUT2D eigenvalue weighted by Gasteiger charge is 2.16. The summed E-state index contributed by atoms with van der Waals surface area (Å²) in [5, 5.41) is 8.58. The van der Waals surface area contributed by atoms with E-state index in [-0.39, 0.29) is 23.8 Å². The van der Waals surface area contributed by atoms with E-state index in [9.17, 15) is 18.0 Å². The molecule has 0 heterocycles. The van der Waals surface area contributed by atoms with Gasteiger partial charge in [-0.15, -0.1) is 0 Å². The summed E-state index contributed by atoms with van der Waals surface area (Å²) in [6, 6.07) is 5.90. The molecule has 0 aliphatic rings. The third-order valence-corrected chi connectivity index (χ3v) is 4.19. The number of likely N-dealkylation sites (N-methyl/N-ethyl adjacent to an activating group) is 1. The van der Waals surface area contributed by atoms with E-state index < -0.39 is 16.0 Å². The van der Waals surface area contributed by atoms with Crippen LogP contribution in [0.2, 0.25) is 0 Å².